The van der Waals surface area contributed by atoms with E-state index in [9.17, 15) is 9.90 Å². The third-order valence-corrected chi connectivity index (χ3v) is 4.35. The number of hydrogen-bond donors (Lipinski definition) is 1. The van der Waals surface area contributed by atoms with E-state index in [4.69, 9.17) is 0 Å². The minimum absolute atomic E-state index is 0.0545. The van der Waals surface area contributed by atoms with Gasteiger partial charge in [-0.3, -0.25) is 4.68 Å². The highest BCUT2D eigenvalue weighted by Crippen LogP contribution is 2.31. The average Bonchev–Trinajstić information content (AvgIpc) is 3.18. The van der Waals surface area contributed by atoms with E-state index >= 15 is 0 Å². The molecule has 0 fully saturated rings. The van der Waals surface area contributed by atoms with E-state index in [1.807, 2.05) is 66.3 Å². The molecule has 1 N–H and O–H groups in total. The molecule has 0 aliphatic carbocycles. The Labute approximate surface area is 144 Å². The molecule has 124 valence electrons. The topological polar surface area (TPSA) is 60.1 Å². The molecule has 0 unspecified atom stereocenters. The van der Waals surface area contributed by atoms with E-state index in [0.717, 1.165) is 27.7 Å². The fourth-order valence-corrected chi connectivity index (χ4v) is 3.16. The molecule has 4 rings (SSSR count). The Morgan fingerprint density at radius 2 is 1.80 bits per heavy atom. The zero-order chi connectivity index (χ0) is 17.4. The minimum atomic E-state index is -1.02. The van der Waals surface area contributed by atoms with Gasteiger partial charge in [-0.1, -0.05) is 48.5 Å². The highest BCUT2D eigenvalue weighted by atomic mass is 16.4. The largest absolute Gasteiger partial charge is 0.476 e. The molecule has 0 amide bonds. The summed E-state index contributed by atoms with van der Waals surface area (Å²) in [5, 5.41) is 14.8. The first-order valence-electron chi connectivity index (χ1n) is 8.03. The predicted molar refractivity (Wildman–Crippen MR) is 96.6 cm³/mol. The summed E-state index contributed by atoms with van der Waals surface area (Å²) in [5.74, 6) is -1.02. The van der Waals surface area contributed by atoms with Crippen LogP contribution in [0.1, 0.15) is 16.1 Å². The van der Waals surface area contributed by atoms with Crippen LogP contribution in [0.2, 0.25) is 0 Å². The van der Waals surface area contributed by atoms with E-state index in [0.29, 0.717) is 6.54 Å². The standard InChI is InChI=1S/C20H17N3O2/c1-22-13-16(15-9-5-6-10-18(15)22)19-11-17(20(24)25)21-23(19)12-14-7-3-2-4-8-14/h2-11,13H,12H2,1H3,(H,24,25). The lowest BCUT2D eigenvalue weighted by Gasteiger charge is -2.07. The van der Waals surface area contributed by atoms with Crippen LogP contribution in [-0.2, 0) is 13.6 Å². The van der Waals surface area contributed by atoms with Crippen LogP contribution >= 0.6 is 0 Å². The summed E-state index contributed by atoms with van der Waals surface area (Å²) in [5.41, 5.74) is 4.01. The number of para-hydroxylation sites is 1. The van der Waals surface area contributed by atoms with Crippen molar-refractivity contribution in [1.82, 2.24) is 14.3 Å². The zero-order valence-electron chi connectivity index (χ0n) is 13.8. The first kappa shape index (κ1) is 15.2. The SMILES string of the molecule is Cn1cc(-c2cc(C(=O)O)nn2Cc2ccccc2)c2ccccc21. The van der Waals surface area contributed by atoms with Crippen molar-refractivity contribution in [2.24, 2.45) is 7.05 Å². The summed E-state index contributed by atoms with van der Waals surface area (Å²) in [7, 11) is 1.99. The van der Waals surface area contributed by atoms with Gasteiger partial charge in [0.05, 0.1) is 12.2 Å². The van der Waals surface area contributed by atoms with Gasteiger partial charge in [-0.25, -0.2) is 4.79 Å². The van der Waals surface area contributed by atoms with Crippen LogP contribution in [0.4, 0.5) is 0 Å². The summed E-state index contributed by atoms with van der Waals surface area (Å²) < 4.78 is 3.81. The molecule has 0 bridgehead atoms. The molecule has 2 heterocycles. The van der Waals surface area contributed by atoms with Gasteiger partial charge in [-0.15, -0.1) is 0 Å². The molecule has 0 saturated heterocycles. The van der Waals surface area contributed by atoms with Crippen LogP contribution in [0.3, 0.4) is 0 Å². The van der Waals surface area contributed by atoms with Gasteiger partial charge < -0.3 is 9.67 Å². The molecule has 0 atom stereocenters. The lowest BCUT2D eigenvalue weighted by atomic mass is 10.1. The number of carboxylic acids is 1. The first-order valence-corrected chi connectivity index (χ1v) is 8.03. The Bertz CT molecular complexity index is 1060. The van der Waals surface area contributed by atoms with Crippen molar-refractivity contribution in [3.63, 3.8) is 0 Å². The second kappa shape index (κ2) is 5.94. The van der Waals surface area contributed by atoms with Gasteiger partial charge in [0.2, 0.25) is 0 Å². The number of aromatic carboxylic acids is 1. The van der Waals surface area contributed by atoms with Gasteiger partial charge in [0.25, 0.3) is 0 Å². The molecule has 0 spiro atoms. The number of aromatic nitrogens is 3. The number of benzene rings is 2. The molecule has 0 aliphatic rings. The third kappa shape index (κ3) is 2.70. The van der Waals surface area contributed by atoms with Crippen molar-refractivity contribution < 1.29 is 9.90 Å². The summed E-state index contributed by atoms with van der Waals surface area (Å²) in [6, 6.07) is 19.6. The molecule has 2 aromatic heterocycles. The Hall–Kier alpha value is -3.34. The monoisotopic (exact) mass is 331 g/mol. The summed E-state index contributed by atoms with van der Waals surface area (Å²) >= 11 is 0. The van der Waals surface area contributed by atoms with Gasteiger partial charge in [0, 0.05) is 29.7 Å². The smallest absolute Gasteiger partial charge is 0.356 e. The lowest BCUT2D eigenvalue weighted by molar-refractivity contribution is 0.0689. The molecule has 2 aromatic carbocycles. The normalized spacial score (nSPS) is 11.1. The summed E-state index contributed by atoms with van der Waals surface area (Å²) in [6.07, 6.45) is 2.02. The zero-order valence-corrected chi connectivity index (χ0v) is 13.8. The van der Waals surface area contributed by atoms with E-state index in [2.05, 4.69) is 11.2 Å². The maximum Gasteiger partial charge on any atom is 0.356 e. The molecule has 0 aliphatic heterocycles. The molecule has 5 heteroatoms. The van der Waals surface area contributed by atoms with Crippen LogP contribution < -0.4 is 0 Å². The van der Waals surface area contributed by atoms with Crippen LogP contribution in [0.15, 0.2) is 66.9 Å². The van der Waals surface area contributed by atoms with Crippen molar-refractivity contribution in [1.29, 1.82) is 0 Å². The molecular weight excluding hydrogens is 314 g/mol. The number of rotatable bonds is 4. The number of fused-ring (bicyclic) bond motifs is 1. The lowest BCUT2D eigenvalue weighted by Crippen LogP contribution is -2.05. The van der Waals surface area contributed by atoms with E-state index in [1.165, 1.54) is 0 Å². The van der Waals surface area contributed by atoms with E-state index < -0.39 is 5.97 Å². The highest BCUT2D eigenvalue weighted by molar-refractivity contribution is 5.96. The van der Waals surface area contributed by atoms with Gasteiger partial charge in [-0.05, 0) is 17.7 Å². The van der Waals surface area contributed by atoms with Gasteiger partial charge in [0.1, 0.15) is 0 Å². The second-order valence-corrected chi connectivity index (χ2v) is 6.03. The van der Waals surface area contributed by atoms with Crippen LogP contribution in [0, 0.1) is 0 Å². The van der Waals surface area contributed by atoms with Crippen molar-refractivity contribution in [3.05, 3.63) is 78.1 Å². The predicted octanol–water partition coefficient (Wildman–Crippen LogP) is 3.79. The van der Waals surface area contributed by atoms with Crippen LogP contribution in [0.5, 0.6) is 0 Å². The number of hydrogen-bond acceptors (Lipinski definition) is 2. The van der Waals surface area contributed by atoms with Crippen molar-refractivity contribution >= 4 is 16.9 Å². The summed E-state index contributed by atoms with van der Waals surface area (Å²) in [6.45, 7) is 0.521. The molecule has 0 radical (unpaired) electrons. The van der Waals surface area contributed by atoms with Crippen LogP contribution in [-0.4, -0.2) is 25.4 Å². The number of nitrogens with zero attached hydrogens (tertiary/aromatic N) is 3. The Kier molecular flexibility index (Phi) is 3.61. The fourth-order valence-electron chi connectivity index (χ4n) is 3.16. The molecule has 5 nitrogen and oxygen atoms in total. The van der Waals surface area contributed by atoms with Crippen molar-refractivity contribution in [2.45, 2.75) is 6.54 Å². The Balaban J connectivity index is 1.89. The Morgan fingerprint density at radius 3 is 2.56 bits per heavy atom. The first-order chi connectivity index (χ1) is 12.1. The molecule has 25 heavy (non-hydrogen) atoms. The van der Waals surface area contributed by atoms with Crippen molar-refractivity contribution in [2.75, 3.05) is 0 Å². The van der Waals surface area contributed by atoms with E-state index in [1.54, 1.807) is 10.7 Å². The molecular formula is C20H17N3O2. The highest BCUT2D eigenvalue weighted by Gasteiger charge is 2.18. The maximum atomic E-state index is 11.4. The third-order valence-electron chi connectivity index (χ3n) is 4.35. The summed E-state index contributed by atoms with van der Waals surface area (Å²) in [4.78, 5) is 11.4. The van der Waals surface area contributed by atoms with Gasteiger partial charge in [-0.2, -0.15) is 5.10 Å². The minimum Gasteiger partial charge on any atom is -0.476 e. The number of aryl methyl sites for hydroxylation is 1. The fraction of sp³-hybridized carbons (Fsp3) is 0.100. The van der Waals surface area contributed by atoms with Crippen molar-refractivity contribution in [3.8, 4) is 11.3 Å². The maximum absolute atomic E-state index is 11.4. The van der Waals surface area contributed by atoms with Crippen LogP contribution in [0.25, 0.3) is 22.2 Å². The number of carboxylic acid groups (broad SMARTS) is 1. The van der Waals surface area contributed by atoms with Gasteiger partial charge in [0.15, 0.2) is 5.69 Å². The molecule has 0 saturated carbocycles. The second-order valence-electron chi connectivity index (χ2n) is 6.03. The van der Waals surface area contributed by atoms with E-state index in [-0.39, 0.29) is 5.69 Å². The van der Waals surface area contributed by atoms with Gasteiger partial charge >= 0.3 is 5.97 Å². The Morgan fingerprint density at radius 1 is 1.08 bits per heavy atom. The quantitative estimate of drug-likeness (QED) is 0.619. The molecule has 4 aromatic rings. The number of carbonyl (C=O) groups is 1. The average molecular weight is 331 g/mol.